The van der Waals surface area contributed by atoms with E-state index in [1.165, 1.54) is 74.6 Å². The van der Waals surface area contributed by atoms with Crippen LogP contribution < -0.4 is 5.32 Å². The van der Waals surface area contributed by atoms with Crippen molar-refractivity contribution in [1.82, 2.24) is 9.88 Å². The molecular formula is C63H40N4S. The molecule has 1 unspecified atom stereocenters. The normalized spacial score (nSPS) is 14.0. The maximum Gasteiger partial charge on any atom is 0.159 e. The summed E-state index contributed by atoms with van der Waals surface area (Å²) in [4.78, 5) is 10.9. The molecule has 11 aromatic carbocycles. The zero-order valence-electron chi connectivity index (χ0n) is 36.8. The number of hydrogen-bond acceptors (Lipinski definition) is 4. The summed E-state index contributed by atoms with van der Waals surface area (Å²) in [6.07, 6.45) is -0.372. The summed E-state index contributed by atoms with van der Waals surface area (Å²) in [7, 11) is 0. The van der Waals surface area contributed by atoms with Crippen LogP contribution in [-0.4, -0.2) is 16.2 Å². The zero-order valence-corrected chi connectivity index (χ0v) is 37.6. The number of amidine groups is 2. The standard InChI is InChI=1S/C63H40N4S/c1-2-16-41(17-3-1)49-23-12-25-55-59(49)53-36-44-20-8-9-21-45(44)38-56(53)67(55)54-33-32-48(37-52(54)50-24-13-27-58-60(50)51-22-10-11-26-57(51)68-58)63-65-61(46-30-28-39-14-4-6-18-42(39)34-46)64-62(66-63)47-31-29-40-15-5-7-19-43(40)35-47/h1-38,61H,(H,64,65,66). The Labute approximate surface area is 396 Å². The average Bonchev–Trinajstić information content (AvgIpc) is 3.95. The van der Waals surface area contributed by atoms with Crippen molar-refractivity contribution in [3.63, 3.8) is 0 Å². The maximum absolute atomic E-state index is 5.49. The Morgan fingerprint density at radius 2 is 1.04 bits per heavy atom. The van der Waals surface area contributed by atoms with Gasteiger partial charge < -0.3 is 9.88 Å². The number of nitrogens with zero attached hydrogens (tertiary/aromatic N) is 3. The Morgan fingerprint density at radius 1 is 0.397 bits per heavy atom. The lowest BCUT2D eigenvalue weighted by Crippen LogP contribution is -2.33. The van der Waals surface area contributed by atoms with Crippen molar-refractivity contribution < 1.29 is 0 Å². The van der Waals surface area contributed by atoms with E-state index in [1.807, 2.05) is 11.3 Å². The lowest BCUT2D eigenvalue weighted by molar-refractivity contribution is 0.675. The molecule has 4 nitrogen and oxygen atoms in total. The van der Waals surface area contributed by atoms with Gasteiger partial charge in [0.15, 0.2) is 5.84 Å². The van der Waals surface area contributed by atoms with E-state index in [2.05, 4.69) is 240 Å². The van der Waals surface area contributed by atoms with Gasteiger partial charge in [-0.15, -0.1) is 11.3 Å². The molecule has 1 aliphatic rings. The predicted molar refractivity (Wildman–Crippen MR) is 289 cm³/mol. The Balaban J connectivity index is 1.05. The van der Waals surface area contributed by atoms with Gasteiger partial charge in [-0.05, 0) is 115 Å². The minimum Gasteiger partial charge on any atom is -0.344 e. The third kappa shape index (κ3) is 6.28. The Bertz CT molecular complexity index is 4250. The number of fused-ring (bicyclic) bond motifs is 9. The average molecular weight is 885 g/mol. The predicted octanol–water partition coefficient (Wildman–Crippen LogP) is 16.4. The van der Waals surface area contributed by atoms with Gasteiger partial charge in [0.25, 0.3) is 0 Å². The van der Waals surface area contributed by atoms with Crippen LogP contribution in [0.1, 0.15) is 22.9 Å². The minimum absolute atomic E-state index is 0.372. The maximum atomic E-state index is 5.49. The number of aliphatic imine (C=N–C) groups is 2. The van der Waals surface area contributed by atoms with E-state index in [4.69, 9.17) is 9.98 Å². The van der Waals surface area contributed by atoms with E-state index in [9.17, 15) is 0 Å². The van der Waals surface area contributed by atoms with E-state index in [0.29, 0.717) is 5.84 Å². The highest BCUT2D eigenvalue weighted by Gasteiger charge is 2.25. The summed E-state index contributed by atoms with van der Waals surface area (Å²) in [5.41, 5.74) is 11.1. The molecule has 14 rings (SSSR count). The number of benzene rings is 11. The van der Waals surface area contributed by atoms with Crippen LogP contribution >= 0.6 is 11.3 Å². The van der Waals surface area contributed by atoms with Crippen molar-refractivity contribution in [2.24, 2.45) is 9.98 Å². The zero-order chi connectivity index (χ0) is 44.7. The summed E-state index contributed by atoms with van der Waals surface area (Å²) in [6.45, 7) is 0. The summed E-state index contributed by atoms with van der Waals surface area (Å²) in [5.74, 6) is 1.47. The second kappa shape index (κ2) is 15.5. The van der Waals surface area contributed by atoms with Gasteiger partial charge >= 0.3 is 0 Å². The summed E-state index contributed by atoms with van der Waals surface area (Å²) in [5, 5.41) is 15.9. The molecule has 1 atom stereocenters. The molecule has 0 bridgehead atoms. The quantitative estimate of drug-likeness (QED) is 0.178. The first-order valence-electron chi connectivity index (χ1n) is 23.2. The Hall–Kier alpha value is -8.64. The molecule has 0 fully saturated rings. The van der Waals surface area contributed by atoms with Gasteiger partial charge in [0.1, 0.15) is 12.0 Å². The first kappa shape index (κ1) is 38.6. The lowest BCUT2D eigenvalue weighted by atomic mass is 9.95. The SMILES string of the molecule is c1ccc(-c2cccc3c2c2cc4ccccc4cc2n3-c2ccc(C3=NC(c4ccc5ccccc5c4)NC(c4ccc5ccccc5c4)=N3)cc2-c2cccc3sc4ccccc4c23)cc1. The van der Waals surface area contributed by atoms with Crippen LogP contribution in [0.4, 0.5) is 0 Å². The van der Waals surface area contributed by atoms with Crippen molar-refractivity contribution in [2.75, 3.05) is 0 Å². The highest BCUT2D eigenvalue weighted by atomic mass is 32.1. The molecule has 0 radical (unpaired) electrons. The fraction of sp³-hybridized carbons (Fsp3) is 0.0159. The van der Waals surface area contributed by atoms with Crippen LogP contribution in [0.2, 0.25) is 0 Å². The fourth-order valence-corrected chi connectivity index (χ4v) is 11.7. The van der Waals surface area contributed by atoms with Crippen molar-refractivity contribution in [1.29, 1.82) is 0 Å². The number of nitrogens with one attached hydrogen (secondary N) is 1. The molecule has 0 saturated heterocycles. The third-order valence-corrected chi connectivity index (χ3v) is 14.9. The summed E-state index contributed by atoms with van der Waals surface area (Å²) < 4.78 is 5.03. The van der Waals surface area contributed by atoms with Crippen LogP contribution in [0.15, 0.2) is 241 Å². The van der Waals surface area contributed by atoms with Gasteiger partial charge in [-0.25, -0.2) is 9.98 Å². The van der Waals surface area contributed by atoms with Crippen LogP contribution in [-0.2, 0) is 0 Å². The van der Waals surface area contributed by atoms with Gasteiger partial charge in [0.05, 0.1) is 16.7 Å². The van der Waals surface area contributed by atoms with Gasteiger partial charge in [-0.2, -0.15) is 0 Å². The Morgan fingerprint density at radius 3 is 1.87 bits per heavy atom. The highest BCUT2D eigenvalue weighted by Crippen LogP contribution is 2.46. The first-order chi connectivity index (χ1) is 33.7. The number of hydrogen-bond donors (Lipinski definition) is 1. The fourth-order valence-electron chi connectivity index (χ4n) is 10.6. The summed E-state index contributed by atoms with van der Waals surface area (Å²) >= 11 is 1.85. The second-order valence-electron chi connectivity index (χ2n) is 17.8. The third-order valence-electron chi connectivity index (χ3n) is 13.8. The molecule has 5 heteroatoms. The van der Waals surface area contributed by atoms with Crippen LogP contribution in [0.25, 0.3) is 102 Å². The van der Waals surface area contributed by atoms with Crippen molar-refractivity contribution in [2.45, 2.75) is 6.17 Å². The molecule has 0 saturated carbocycles. The molecule has 0 aliphatic carbocycles. The number of thiophene rings is 1. The molecule has 318 valence electrons. The highest BCUT2D eigenvalue weighted by molar-refractivity contribution is 7.25. The van der Waals surface area contributed by atoms with Crippen LogP contribution in [0.3, 0.4) is 0 Å². The van der Waals surface area contributed by atoms with Crippen LogP contribution in [0, 0.1) is 0 Å². The topological polar surface area (TPSA) is 41.7 Å². The van der Waals surface area contributed by atoms with Gasteiger partial charge in [0.2, 0.25) is 0 Å². The van der Waals surface area contributed by atoms with Crippen molar-refractivity contribution in [3.05, 3.63) is 247 Å². The molecule has 68 heavy (non-hydrogen) atoms. The molecule has 3 heterocycles. The molecule has 1 N–H and O–H groups in total. The van der Waals surface area contributed by atoms with E-state index >= 15 is 0 Å². The van der Waals surface area contributed by atoms with Gasteiger partial charge in [0, 0.05) is 47.6 Å². The molecule has 1 aliphatic heterocycles. The first-order valence-corrected chi connectivity index (χ1v) is 24.0. The Kier molecular flexibility index (Phi) is 8.79. The largest absolute Gasteiger partial charge is 0.344 e. The molecule has 0 amide bonds. The number of aromatic nitrogens is 1. The minimum atomic E-state index is -0.372. The lowest BCUT2D eigenvalue weighted by Gasteiger charge is -2.25. The van der Waals surface area contributed by atoms with E-state index < -0.39 is 0 Å². The molecule has 2 aromatic heterocycles. The molecule has 13 aromatic rings. The van der Waals surface area contributed by atoms with Gasteiger partial charge in [-0.1, -0.05) is 170 Å². The monoisotopic (exact) mass is 884 g/mol. The smallest absolute Gasteiger partial charge is 0.159 e. The number of rotatable bonds is 6. The van der Waals surface area contributed by atoms with Crippen molar-refractivity contribution >= 4 is 97.3 Å². The molecule has 0 spiro atoms. The van der Waals surface area contributed by atoms with E-state index in [-0.39, 0.29) is 6.17 Å². The van der Waals surface area contributed by atoms with Gasteiger partial charge in [-0.3, -0.25) is 0 Å². The van der Waals surface area contributed by atoms with E-state index in [0.717, 1.165) is 50.2 Å². The van der Waals surface area contributed by atoms with Crippen LogP contribution in [0.5, 0.6) is 0 Å². The van der Waals surface area contributed by atoms with E-state index in [1.54, 1.807) is 0 Å². The molecular weight excluding hydrogens is 845 g/mol. The van der Waals surface area contributed by atoms with Crippen molar-refractivity contribution in [3.8, 4) is 27.9 Å². The summed E-state index contributed by atoms with van der Waals surface area (Å²) in [6, 6.07) is 83.8. The second-order valence-corrected chi connectivity index (χ2v) is 18.8.